The van der Waals surface area contributed by atoms with Gasteiger partial charge in [0.05, 0.1) is 26.0 Å². The minimum atomic E-state index is -1.13. The lowest BCUT2D eigenvalue weighted by molar-refractivity contribution is -0.132. The van der Waals surface area contributed by atoms with E-state index in [1.165, 1.54) is 32.6 Å². The normalized spacial score (nSPS) is 12.5. The van der Waals surface area contributed by atoms with E-state index in [0.29, 0.717) is 70.0 Å². The number of carboxylic acids is 2. The molecule has 0 aliphatic carbocycles. The third kappa shape index (κ3) is 6.02. The molecule has 2 N–H and O–H groups in total. The van der Waals surface area contributed by atoms with Crippen molar-refractivity contribution in [3.05, 3.63) is 95.0 Å². The van der Waals surface area contributed by atoms with Gasteiger partial charge in [0.1, 0.15) is 42.8 Å². The number of furan rings is 1. The molecule has 1 aromatic heterocycles. The first kappa shape index (κ1) is 28.2. The van der Waals surface area contributed by atoms with Crippen LogP contribution in [0.25, 0.3) is 17.2 Å². The van der Waals surface area contributed by atoms with Gasteiger partial charge in [-0.25, -0.2) is 9.59 Å². The Kier molecular flexibility index (Phi) is 8.33. The van der Waals surface area contributed by atoms with E-state index in [9.17, 15) is 19.8 Å². The molecule has 216 valence electrons. The Hall–Kier alpha value is -5.38. The quantitative estimate of drug-likeness (QED) is 0.215. The lowest BCUT2D eigenvalue weighted by atomic mass is 9.99. The monoisotopic (exact) mass is 572 g/mol. The number of fused-ring (bicyclic) bond motifs is 1. The van der Waals surface area contributed by atoms with E-state index in [2.05, 4.69) is 0 Å². The highest BCUT2D eigenvalue weighted by Gasteiger charge is 2.21. The van der Waals surface area contributed by atoms with Crippen LogP contribution in [0, 0.1) is 0 Å². The van der Waals surface area contributed by atoms with Gasteiger partial charge in [0.15, 0.2) is 11.5 Å². The van der Waals surface area contributed by atoms with Crippen molar-refractivity contribution in [3.63, 3.8) is 0 Å². The molecule has 0 radical (unpaired) electrons. The summed E-state index contributed by atoms with van der Waals surface area (Å²) in [5, 5.41) is 19.7. The lowest BCUT2D eigenvalue weighted by Crippen LogP contribution is -2.16. The Labute approximate surface area is 241 Å². The predicted octanol–water partition coefficient (Wildman–Crippen LogP) is 5.72. The van der Waals surface area contributed by atoms with Crippen molar-refractivity contribution in [1.29, 1.82) is 0 Å². The van der Waals surface area contributed by atoms with Gasteiger partial charge < -0.3 is 38.3 Å². The molecule has 0 spiro atoms. The van der Waals surface area contributed by atoms with Gasteiger partial charge >= 0.3 is 11.9 Å². The third-order valence-corrected chi connectivity index (χ3v) is 6.71. The highest BCUT2D eigenvalue weighted by Crippen LogP contribution is 2.40. The van der Waals surface area contributed by atoms with Gasteiger partial charge in [-0.15, -0.1) is 0 Å². The molecule has 2 heterocycles. The van der Waals surface area contributed by atoms with Gasteiger partial charge in [-0.3, -0.25) is 0 Å². The van der Waals surface area contributed by atoms with E-state index in [1.807, 2.05) is 0 Å². The first-order chi connectivity index (χ1) is 20.4. The molecule has 42 heavy (non-hydrogen) atoms. The van der Waals surface area contributed by atoms with Crippen LogP contribution in [0.15, 0.2) is 76.9 Å². The molecule has 1 aliphatic rings. The molecular weight excluding hydrogens is 544 g/mol. The van der Waals surface area contributed by atoms with Crippen molar-refractivity contribution in [1.82, 2.24) is 0 Å². The maximum Gasteiger partial charge on any atom is 0.336 e. The predicted molar refractivity (Wildman–Crippen MR) is 152 cm³/mol. The molecule has 10 heteroatoms. The van der Waals surface area contributed by atoms with Crippen LogP contribution in [-0.2, 0) is 17.8 Å². The van der Waals surface area contributed by atoms with Crippen molar-refractivity contribution >= 4 is 18.0 Å². The lowest BCUT2D eigenvalue weighted by Gasteiger charge is -2.20. The summed E-state index contributed by atoms with van der Waals surface area (Å²) in [7, 11) is 3.03. The molecule has 0 atom stereocenters. The Morgan fingerprint density at radius 1 is 0.857 bits per heavy atom. The molecule has 0 bridgehead atoms. The van der Waals surface area contributed by atoms with Crippen LogP contribution < -0.4 is 23.7 Å². The second-order valence-corrected chi connectivity index (χ2v) is 9.27. The summed E-state index contributed by atoms with van der Waals surface area (Å²) in [6.07, 6.45) is 2.94. The molecule has 0 amide bonds. The number of hydrogen-bond acceptors (Lipinski definition) is 8. The molecule has 0 unspecified atom stereocenters. The average Bonchev–Trinajstić information content (AvgIpc) is 3.47. The van der Waals surface area contributed by atoms with Crippen molar-refractivity contribution < 1.29 is 47.9 Å². The highest BCUT2D eigenvalue weighted by molar-refractivity contribution is 5.94. The summed E-state index contributed by atoms with van der Waals surface area (Å²) in [6.45, 7) is 0.792. The maximum atomic E-state index is 12.4. The van der Waals surface area contributed by atoms with E-state index in [4.69, 9.17) is 28.1 Å². The molecule has 0 saturated carbocycles. The zero-order valence-corrected chi connectivity index (χ0v) is 22.9. The third-order valence-electron chi connectivity index (χ3n) is 6.71. The summed E-state index contributed by atoms with van der Waals surface area (Å²) in [4.78, 5) is 24.0. The van der Waals surface area contributed by atoms with Crippen molar-refractivity contribution in [2.24, 2.45) is 0 Å². The second-order valence-electron chi connectivity index (χ2n) is 9.27. The minimum absolute atomic E-state index is 0.0179. The number of carbonyl (C=O) groups is 2. The number of ether oxygens (including phenoxy) is 5. The Balaban J connectivity index is 1.49. The van der Waals surface area contributed by atoms with Crippen LogP contribution >= 0.6 is 0 Å². The number of carboxylic acid groups (broad SMARTS) is 2. The Morgan fingerprint density at radius 2 is 1.62 bits per heavy atom. The summed E-state index contributed by atoms with van der Waals surface area (Å²) < 4.78 is 34.0. The van der Waals surface area contributed by atoms with E-state index in [0.717, 1.165) is 0 Å². The number of methoxy groups -OCH3 is 2. The van der Waals surface area contributed by atoms with E-state index in [1.54, 1.807) is 54.6 Å². The molecule has 1 aliphatic heterocycles. The molecule has 0 saturated heterocycles. The molecule has 10 nitrogen and oxygen atoms in total. The van der Waals surface area contributed by atoms with Crippen LogP contribution in [0.1, 0.15) is 27.2 Å². The van der Waals surface area contributed by atoms with Crippen LogP contribution in [0.4, 0.5) is 0 Å². The van der Waals surface area contributed by atoms with Crippen LogP contribution in [-0.4, -0.2) is 49.6 Å². The number of aliphatic carboxylic acids is 1. The molecule has 5 rings (SSSR count). The van der Waals surface area contributed by atoms with Crippen molar-refractivity contribution in [3.8, 4) is 39.9 Å². The fourth-order valence-electron chi connectivity index (χ4n) is 4.63. The maximum absolute atomic E-state index is 12.4. The number of aromatic carboxylic acids is 1. The van der Waals surface area contributed by atoms with Gasteiger partial charge in [-0.1, -0.05) is 18.2 Å². The van der Waals surface area contributed by atoms with Gasteiger partial charge in [0.2, 0.25) is 0 Å². The number of benzene rings is 3. The molecular formula is C32H28O10. The van der Waals surface area contributed by atoms with Gasteiger partial charge in [0, 0.05) is 46.4 Å². The Morgan fingerprint density at radius 3 is 2.33 bits per heavy atom. The first-order valence-electron chi connectivity index (χ1n) is 13.0. The molecule has 0 fully saturated rings. The summed E-state index contributed by atoms with van der Waals surface area (Å²) >= 11 is 0. The number of hydrogen-bond donors (Lipinski definition) is 2. The number of rotatable bonds is 11. The summed E-state index contributed by atoms with van der Waals surface area (Å²) in [5.41, 5.74) is 2.46. The molecule has 4 aromatic rings. The van der Waals surface area contributed by atoms with Gasteiger partial charge in [-0.2, -0.15) is 0 Å². The summed E-state index contributed by atoms with van der Waals surface area (Å²) in [6, 6.07) is 16.9. The minimum Gasteiger partial charge on any atom is -0.497 e. The fraction of sp³-hybridized carbons (Fsp3) is 0.188. The fourth-order valence-corrected chi connectivity index (χ4v) is 4.63. The first-order valence-corrected chi connectivity index (χ1v) is 13.0. The average molecular weight is 573 g/mol. The SMILES string of the molecule is COc1ccc(-c2ccoc2/C=C(\Cc2cc3c(cc2OC)OCCO3)C(=O)O)c(OCc2ccccc2C(=O)O)c1. The van der Waals surface area contributed by atoms with E-state index >= 15 is 0 Å². The van der Waals surface area contributed by atoms with Crippen LogP contribution in [0.5, 0.6) is 28.7 Å². The summed E-state index contributed by atoms with van der Waals surface area (Å²) in [5.74, 6) is 0.556. The van der Waals surface area contributed by atoms with Crippen molar-refractivity contribution in [2.45, 2.75) is 13.0 Å². The van der Waals surface area contributed by atoms with Crippen molar-refractivity contribution in [2.75, 3.05) is 27.4 Å². The zero-order valence-electron chi connectivity index (χ0n) is 22.9. The van der Waals surface area contributed by atoms with Crippen LogP contribution in [0.3, 0.4) is 0 Å². The topological polar surface area (TPSA) is 134 Å². The molecule has 3 aromatic carbocycles. The largest absolute Gasteiger partial charge is 0.497 e. The highest BCUT2D eigenvalue weighted by atomic mass is 16.6. The van der Waals surface area contributed by atoms with Gasteiger partial charge in [-0.05, 0) is 36.4 Å². The van der Waals surface area contributed by atoms with E-state index < -0.39 is 11.9 Å². The second kappa shape index (κ2) is 12.4. The Bertz CT molecular complexity index is 1650. The van der Waals surface area contributed by atoms with Crippen LogP contribution in [0.2, 0.25) is 0 Å². The van der Waals surface area contributed by atoms with Gasteiger partial charge in [0.25, 0.3) is 0 Å². The smallest absolute Gasteiger partial charge is 0.336 e. The zero-order chi connectivity index (χ0) is 29.6. The standard InChI is InChI=1S/C32H28O10/c1-37-22-7-8-24(28(16-22)42-18-19-5-3-4-6-23(19)32(35)36)25-9-10-39-27(25)15-21(31(33)34)13-20-14-29-30(17-26(20)38-2)41-12-11-40-29/h3-10,14-17H,11-13,18H2,1-2H3,(H,33,34)(H,35,36)/b21-15+. The van der Waals surface area contributed by atoms with E-state index in [-0.39, 0.29) is 24.2 Å².